The Balaban J connectivity index is 2.47. The monoisotopic (exact) mass is 242 g/mol. The van der Waals surface area contributed by atoms with Gasteiger partial charge in [0, 0.05) is 20.1 Å². The third-order valence-corrected chi connectivity index (χ3v) is 2.95. The number of amides is 2. The van der Waals surface area contributed by atoms with Gasteiger partial charge in [0.15, 0.2) is 0 Å². The minimum atomic E-state index is -1.17. The molecular weight excluding hydrogens is 224 g/mol. The number of carbonyl (C=O) groups is 3. The Morgan fingerprint density at radius 1 is 1.29 bits per heavy atom. The highest BCUT2D eigenvalue weighted by atomic mass is 16.4. The molecule has 0 aliphatic carbocycles. The van der Waals surface area contributed by atoms with E-state index in [0.717, 1.165) is 25.9 Å². The lowest BCUT2D eigenvalue weighted by Crippen LogP contribution is -2.43. The summed E-state index contributed by atoms with van der Waals surface area (Å²) in [6.07, 6.45) is 1.99. The number of carboxylic acids is 1. The second-order valence-corrected chi connectivity index (χ2v) is 4.34. The second-order valence-electron chi connectivity index (χ2n) is 4.34. The van der Waals surface area contributed by atoms with E-state index in [4.69, 9.17) is 5.11 Å². The van der Waals surface area contributed by atoms with E-state index in [1.165, 1.54) is 18.9 Å². The van der Waals surface area contributed by atoms with Crippen LogP contribution in [-0.4, -0.2) is 59.4 Å². The van der Waals surface area contributed by atoms with E-state index in [1.807, 2.05) is 0 Å². The fourth-order valence-electron chi connectivity index (χ4n) is 1.78. The number of carbonyl (C=O) groups excluding carboxylic acids is 2. The average Bonchev–Trinajstić information content (AvgIpc) is 2.80. The smallest absolute Gasteiger partial charge is 0.315 e. The Kier molecular flexibility index (Phi) is 4.48. The van der Waals surface area contributed by atoms with Gasteiger partial charge in [0.2, 0.25) is 11.8 Å². The van der Waals surface area contributed by atoms with Crippen molar-refractivity contribution in [2.45, 2.75) is 19.8 Å². The minimum Gasteiger partial charge on any atom is -0.481 e. The summed E-state index contributed by atoms with van der Waals surface area (Å²) in [7, 11) is 1.45. The van der Waals surface area contributed by atoms with E-state index < -0.39 is 17.8 Å². The third kappa shape index (κ3) is 3.44. The van der Waals surface area contributed by atoms with Crippen LogP contribution in [0.1, 0.15) is 19.8 Å². The van der Waals surface area contributed by atoms with Crippen LogP contribution in [0.2, 0.25) is 0 Å². The SMILES string of the molecule is CC(C(=O)O)C(=O)N(C)CC(=O)N1CCCC1. The van der Waals surface area contributed by atoms with Gasteiger partial charge < -0.3 is 14.9 Å². The fraction of sp³-hybridized carbons (Fsp3) is 0.727. The highest BCUT2D eigenvalue weighted by Crippen LogP contribution is 2.08. The maximum absolute atomic E-state index is 11.7. The standard InChI is InChI=1S/C11H18N2O4/c1-8(11(16)17)10(15)12(2)7-9(14)13-5-3-4-6-13/h8H,3-7H2,1-2H3,(H,16,17). The molecule has 1 aliphatic heterocycles. The molecule has 2 amide bonds. The number of aliphatic carboxylic acids is 1. The third-order valence-electron chi connectivity index (χ3n) is 2.95. The van der Waals surface area contributed by atoms with Crippen LogP contribution in [0.4, 0.5) is 0 Å². The number of nitrogens with zero attached hydrogens (tertiary/aromatic N) is 2. The largest absolute Gasteiger partial charge is 0.481 e. The van der Waals surface area contributed by atoms with Crippen molar-refractivity contribution >= 4 is 17.8 Å². The zero-order valence-corrected chi connectivity index (χ0v) is 10.2. The van der Waals surface area contributed by atoms with Gasteiger partial charge in [0.1, 0.15) is 5.92 Å². The molecule has 0 radical (unpaired) electrons. The van der Waals surface area contributed by atoms with Crippen molar-refractivity contribution in [1.29, 1.82) is 0 Å². The van der Waals surface area contributed by atoms with Gasteiger partial charge >= 0.3 is 5.97 Å². The average molecular weight is 242 g/mol. The van der Waals surface area contributed by atoms with Crippen LogP contribution in [0.3, 0.4) is 0 Å². The first kappa shape index (κ1) is 13.5. The van der Waals surface area contributed by atoms with Crippen LogP contribution in [0.25, 0.3) is 0 Å². The van der Waals surface area contributed by atoms with Crippen LogP contribution in [0.15, 0.2) is 0 Å². The first-order valence-electron chi connectivity index (χ1n) is 5.69. The van der Waals surface area contributed by atoms with Gasteiger partial charge in [0.25, 0.3) is 0 Å². The molecule has 1 rings (SSSR count). The molecule has 0 aromatic carbocycles. The molecule has 6 heteroatoms. The van der Waals surface area contributed by atoms with Crippen molar-refractivity contribution in [2.24, 2.45) is 5.92 Å². The Hall–Kier alpha value is -1.59. The molecular formula is C11H18N2O4. The summed E-state index contributed by atoms with van der Waals surface area (Å²) in [6.45, 7) is 2.74. The molecule has 1 aliphatic rings. The van der Waals surface area contributed by atoms with E-state index in [9.17, 15) is 14.4 Å². The minimum absolute atomic E-state index is 0.0452. The van der Waals surface area contributed by atoms with E-state index in [0.29, 0.717) is 0 Å². The fourth-order valence-corrected chi connectivity index (χ4v) is 1.78. The molecule has 6 nitrogen and oxygen atoms in total. The van der Waals surface area contributed by atoms with Gasteiger partial charge in [-0.25, -0.2) is 0 Å². The van der Waals surface area contributed by atoms with E-state index >= 15 is 0 Å². The number of rotatable bonds is 4. The summed E-state index contributed by atoms with van der Waals surface area (Å²) in [5.41, 5.74) is 0. The van der Waals surface area contributed by atoms with Crippen molar-refractivity contribution < 1.29 is 19.5 Å². The molecule has 1 fully saturated rings. The van der Waals surface area contributed by atoms with Gasteiger partial charge in [-0.05, 0) is 19.8 Å². The molecule has 0 bridgehead atoms. The Bertz CT molecular complexity index is 323. The number of hydrogen-bond donors (Lipinski definition) is 1. The topological polar surface area (TPSA) is 77.9 Å². The van der Waals surface area contributed by atoms with E-state index in [-0.39, 0.29) is 12.5 Å². The molecule has 96 valence electrons. The molecule has 1 saturated heterocycles. The summed E-state index contributed by atoms with van der Waals surface area (Å²) in [4.78, 5) is 36.9. The number of carboxylic acid groups (broad SMARTS) is 1. The molecule has 0 spiro atoms. The van der Waals surface area contributed by atoms with Crippen molar-refractivity contribution in [1.82, 2.24) is 9.80 Å². The zero-order valence-electron chi connectivity index (χ0n) is 10.2. The molecule has 0 saturated carbocycles. The highest BCUT2D eigenvalue weighted by Gasteiger charge is 2.27. The molecule has 0 aromatic rings. The molecule has 1 heterocycles. The van der Waals surface area contributed by atoms with E-state index in [2.05, 4.69) is 0 Å². The Morgan fingerprint density at radius 3 is 2.29 bits per heavy atom. The van der Waals surface area contributed by atoms with Crippen LogP contribution >= 0.6 is 0 Å². The normalized spacial score (nSPS) is 16.7. The Labute approximate surface area is 100 Å². The first-order chi connectivity index (χ1) is 7.93. The van der Waals surface area contributed by atoms with Gasteiger partial charge in [-0.2, -0.15) is 0 Å². The Morgan fingerprint density at radius 2 is 1.82 bits per heavy atom. The van der Waals surface area contributed by atoms with Crippen LogP contribution < -0.4 is 0 Å². The summed E-state index contributed by atoms with van der Waals surface area (Å²) in [5.74, 6) is -2.93. The van der Waals surface area contributed by atoms with Crippen molar-refractivity contribution in [2.75, 3.05) is 26.7 Å². The van der Waals surface area contributed by atoms with E-state index in [1.54, 1.807) is 4.90 Å². The van der Waals surface area contributed by atoms with Crippen LogP contribution in [0.5, 0.6) is 0 Å². The molecule has 1 unspecified atom stereocenters. The molecule has 17 heavy (non-hydrogen) atoms. The lowest BCUT2D eigenvalue weighted by Gasteiger charge is -2.22. The highest BCUT2D eigenvalue weighted by molar-refractivity contribution is 5.97. The molecule has 1 N–H and O–H groups in total. The van der Waals surface area contributed by atoms with Crippen LogP contribution in [0, 0.1) is 5.92 Å². The van der Waals surface area contributed by atoms with Crippen molar-refractivity contribution in [3.05, 3.63) is 0 Å². The van der Waals surface area contributed by atoms with Gasteiger partial charge in [-0.15, -0.1) is 0 Å². The maximum Gasteiger partial charge on any atom is 0.315 e. The number of likely N-dealkylation sites (N-methyl/N-ethyl adjacent to an activating group) is 1. The molecule has 1 atom stereocenters. The van der Waals surface area contributed by atoms with Gasteiger partial charge in [-0.3, -0.25) is 14.4 Å². The summed E-state index contributed by atoms with van der Waals surface area (Å²) in [6, 6.07) is 0. The van der Waals surface area contributed by atoms with Gasteiger partial charge in [0.05, 0.1) is 6.54 Å². The van der Waals surface area contributed by atoms with Gasteiger partial charge in [-0.1, -0.05) is 0 Å². The number of hydrogen-bond acceptors (Lipinski definition) is 3. The predicted octanol–water partition coefficient (Wildman–Crippen LogP) is -0.212. The zero-order chi connectivity index (χ0) is 13.0. The summed E-state index contributed by atoms with van der Waals surface area (Å²) < 4.78 is 0. The predicted molar refractivity (Wildman–Crippen MR) is 60.3 cm³/mol. The number of likely N-dealkylation sites (tertiary alicyclic amines) is 1. The quantitative estimate of drug-likeness (QED) is 0.692. The van der Waals surface area contributed by atoms with Crippen molar-refractivity contribution in [3.8, 4) is 0 Å². The lowest BCUT2D eigenvalue weighted by atomic mass is 10.1. The first-order valence-corrected chi connectivity index (χ1v) is 5.69. The summed E-state index contributed by atoms with van der Waals surface area (Å²) >= 11 is 0. The molecule has 0 aromatic heterocycles. The van der Waals surface area contributed by atoms with Crippen molar-refractivity contribution in [3.63, 3.8) is 0 Å². The second kappa shape index (κ2) is 5.65. The lowest BCUT2D eigenvalue weighted by molar-refractivity contribution is -0.151. The van der Waals surface area contributed by atoms with Crippen LogP contribution in [-0.2, 0) is 14.4 Å². The maximum atomic E-state index is 11.7. The summed E-state index contributed by atoms with van der Waals surface area (Å²) in [5, 5.41) is 8.70.